The molecule has 0 bridgehead atoms. The summed E-state index contributed by atoms with van der Waals surface area (Å²) in [6.07, 6.45) is 1.14. The molecule has 1 unspecified atom stereocenters. The lowest BCUT2D eigenvalue weighted by atomic mass is 10.1. The standard InChI is InChI=1S/C14H20FN3O2/c1-10-8-18(3-2-4-20-10)9-11-5-12(14(16)17-19)7-13(15)6-11/h5-7,10,19H,2-4,8-9H2,1H3,(H2,16,17). The Morgan fingerprint density at radius 3 is 3.10 bits per heavy atom. The molecule has 1 atom stereocenters. The molecule has 0 aromatic heterocycles. The van der Waals surface area contributed by atoms with Gasteiger partial charge in [0, 0.05) is 31.8 Å². The van der Waals surface area contributed by atoms with Gasteiger partial charge in [0.1, 0.15) is 5.82 Å². The topological polar surface area (TPSA) is 71.1 Å². The summed E-state index contributed by atoms with van der Waals surface area (Å²) in [5, 5.41) is 11.6. The minimum Gasteiger partial charge on any atom is -0.409 e. The van der Waals surface area contributed by atoms with E-state index in [0.717, 1.165) is 31.7 Å². The van der Waals surface area contributed by atoms with Gasteiger partial charge in [0.25, 0.3) is 0 Å². The average molecular weight is 281 g/mol. The molecule has 1 saturated heterocycles. The molecule has 0 spiro atoms. The summed E-state index contributed by atoms with van der Waals surface area (Å²) in [5.41, 5.74) is 6.71. The van der Waals surface area contributed by atoms with Gasteiger partial charge >= 0.3 is 0 Å². The lowest BCUT2D eigenvalue weighted by Crippen LogP contribution is -2.30. The first-order valence-corrected chi connectivity index (χ1v) is 6.70. The zero-order valence-electron chi connectivity index (χ0n) is 11.6. The molecule has 0 aliphatic carbocycles. The van der Waals surface area contributed by atoms with Gasteiger partial charge in [-0.1, -0.05) is 5.16 Å². The summed E-state index contributed by atoms with van der Waals surface area (Å²) >= 11 is 0. The van der Waals surface area contributed by atoms with Crippen molar-refractivity contribution in [3.05, 3.63) is 35.1 Å². The molecule has 0 radical (unpaired) electrons. The van der Waals surface area contributed by atoms with Crippen molar-refractivity contribution in [1.29, 1.82) is 0 Å². The SMILES string of the molecule is CC1CN(Cc2cc(F)cc(/C(N)=N/O)c2)CCCO1. The van der Waals surface area contributed by atoms with Gasteiger partial charge in [-0.05, 0) is 37.1 Å². The Morgan fingerprint density at radius 2 is 2.35 bits per heavy atom. The average Bonchev–Trinajstić information content (AvgIpc) is 2.61. The molecule has 0 saturated carbocycles. The quantitative estimate of drug-likeness (QED) is 0.381. The first kappa shape index (κ1) is 14.7. The number of hydrogen-bond acceptors (Lipinski definition) is 4. The maximum absolute atomic E-state index is 13.6. The predicted octanol–water partition coefficient (Wildman–Crippen LogP) is 1.53. The lowest BCUT2D eigenvalue weighted by molar-refractivity contribution is 0.0668. The molecule has 5 nitrogen and oxygen atoms in total. The maximum Gasteiger partial charge on any atom is 0.170 e. The number of rotatable bonds is 3. The Hall–Kier alpha value is -1.66. The summed E-state index contributed by atoms with van der Waals surface area (Å²) in [6, 6.07) is 4.48. The summed E-state index contributed by atoms with van der Waals surface area (Å²) in [7, 11) is 0. The van der Waals surface area contributed by atoms with Gasteiger partial charge in [-0.15, -0.1) is 0 Å². The van der Waals surface area contributed by atoms with Crippen LogP contribution in [0.3, 0.4) is 0 Å². The molecule has 6 heteroatoms. The summed E-state index contributed by atoms with van der Waals surface area (Å²) in [5.74, 6) is -0.471. The van der Waals surface area contributed by atoms with Crippen LogP contribution in [0.1, 0.15) is 24.5 Å². The van der Waals surface area contributed by atoms with E-state index in [1.165, 1.54) is 12.1 Å². The first-order chi connectivity index (χ1) is 9.58. The monoisotopic (exact) mass is 281 g/mol. The third-order valence-corrected chi connectivity index (χ3v) is 3.30. The van der Waals surface area contributed by atoms with E-state index in [1.807, 2.05) is 6.92 Å². The smallest absolute Gasteiger partial charge is 0.170 e. The number of hydrogen-bond donors (Lipinski definition) is 2. The van der Waals surface area contributed by atoms with Crippen LogP contribution in [0, 0.1) is 5.82 Å². The molecular formula is C14H20FN3O2. The van der Waals surface area contributed by atoms with Crippen molar-refractivity contribution in [1.82, 2.24) is 4.90 Å². The van der Waals surface area contributed by atoms with E-state index in [2.05, 4.69) is 10.1 Å². The van der Waals surface area contributed by atoms with Crippen LogP contribution in [0.15, 0.2) is 23.4 Å². The van der Waals surface area contributed by atoms with Crippen molar-refractivity contribution in [2.24, 2.45) is 10.9 Å². The fourth-order valence-electron chi connectivity index (χ4n) is 2.43. The van der Waals surface area contributed by atoms with E-state index < -0.39 is 0 Å². The predicted molar refractivity (Wildman–Crippen MR) is 74.2 cm³/mol. The Bertz CT molecular complexity index is 493. The number of halogens is 1. The van der Waals surface area contributed by atoms with Crippen LogP contribution in [0.5, 0.6) is 0 Å². The second-order valence-electron chi connectivity index (χ2n) is 5.10. The van der Waals surface area contributed by atoms with Gasteiger partial charge in [-0.3, -0.25) is 4.90 Å². The van der Waals surface area contributed by atoms with Gasteiger partial charge < -0.3 is 15.7 Å². The van der Waals surface area contributed by atoms with Gasteiger partial charge in [0.15, 0.2) is 5.84 Å². The molecular weight excluding hydrogens is 261 g/mol. The van der Waals surface area contributed by atoms with Crippen molar-refractivity contribution < 1.29 is 14.3 Å². The zero-order valence-corrected chi connectivity index (χ0v) is 11.6. The highest BCUT2D eigenvalue weighted by Crippen LogP contribution is 2.14. The molecule has 1 aromatic rings. The highest BCUT2D eigenvalue weighted by Gasteiger charge is 2.16. The van der Waals surface area contributed by atoms with Crippen molar-refractivity contribution in [2.75, 3.05) is 19.7 Å². The molecule has 1 aliphatic rings. The third-order valence-electron chi connectivity index (χ3n) is 3.30. The Labute approximate surface area is 117 Å². The fraction of sp³-hybridized carbons (Fsp3) is 0.500. The molecule has 3 N–H and O–H groups in total. The molecule has 0 amide bonds. The minimum atomic E-state index is -0.386. The van der Waals surface area contributed by atoms with Gasteiger partial charge in [0.05, 0.1) is 6.10 Å². The van der Waals surface area contributed by atoms with Crippen LogP contribution in [0.2, 0.25) is 0 Å². The Kier molecular flexibility index (Phi) is 4.92. The fourth-order valence-corrected chi connectivity index (χ4v) is 2.43. The van der Waals surface area contributed by atoms with E-state index in [-0.39, 0.29) is 17.8 Å². The molecule has 110 valence electrons. The van der Waals surface area contributed by atoms with E-state index in [4.69, 9.17) is 15.7 Å². The number of benzene rings is 1. The second kappa shape index (κ2) is 6.67. The van der Waals surface area contributed by atoms with Gasteiger partial charge in [0.2, 0.25) is 0 Å². The molecule has 1 aromatic carbocycles. The maximum atomic E-state index is 13.6. The number of ether oxygens (including phenoxy) is 1. The molecule has 1 aliphatic heterocycles. The van der Waals surface area contributed by atoms with Crippen molar-refractivity contribution in [3.8, 4) is 0 Å². The van der Waals surface area contributed by atoms with Crippen LogP contribution in [0.4, 0.5) is 4.39 Å². The lowest BCUT2D eigenvalue weighted by Gasteiger charge is -2.22. The number of oxime groups is 1. The largest absolute Gasteiger partial charge is 0.409 e. The van der Waals surface area contributed by atoms with E-state index in [0.29, 0.717) is 12.1 Å². The van der Waals surface area contributed by atoms with Gasteiger partial charge in [-0.25, -0.2) is 4.39 Å². The Morgan fingerprint density at radius 1 is 1.55 bits per heavy atom. The summed E-state index contributed by atoms with van der Waals surface area (Å²) in [4.78, 5) is 2.22. The number of nitrogens with two attached hydrogens (primary N) is 1. The van der Waals surface area contributed by atoms with Crippen molar-refractivity contribution in [3.63, 3.8) is 0 Å². The molecule has 20 heavy (non-hydrogen) atoms. The van der Waals surface area contributed by atoms with E-state index in [9.17, 15) is 4.39 Å². The molecule has 1 fully saturated rings. The van der Waals surface area contributed by atoms with Crippen molar-refractivity contribution >= 4 is 5.84 Å². The number of amidine groups is 1. The first-order valence-electron chi connectivity index (χ1n) is 6.70. The highest BCUT2D eigenvalue weighted by atomic mass is 19.1. The Balaban J connectivity index is 2.14. The number of nitrogens with zero attached hydrogens (tertiary/aromatic N) is 2. The normalized spacial score (nSPS) is 21.7. The minimum absolute atomic E-state index is 0.0849. The molecule has 1 heterocycles. The van der Waals surface area contributed by atoms with Crippen LogP contribution >= 0.6 is 0 Å². The summed E-state index contributed by atoms with van der Waals surface area (Å²) in [6.45, 7) is 5.15. The molecule has 2 rings (SSSR count). The van der Waals surface area contributed by atoms with Crippen molar-refractivity contribution in [2.45, 2.75) is 26.0 Å². The second-order valence-corrected chi connectivity index (χ2v) is 5.10. The highest BCUT2D eigenvalue weighted by molar-refractivity contribution is 5.97. The van der Waals surface area contributed by atoms with E-state index in [1.54, 1.807) is 6.07 Å². The third kappa shape index (κ3) is 3.91. The van der Waals surface area contributed by atoms with Gasteiger partial charge in [-0.2, -0.15) is 0 Å². The van der Waals surface area contributed by atoms with Crippen LogP contribution in [-0.4, -0.2) is 41.7 Å². The van der Waals surface area contributed by atoms with E-state index >= 15 is 0 Å². The summed E-state index contributed by atoms with van der Waals surface area (Å²) < 4.78 is 19.2. The van der Waals surface area contributed by atoms with Crippen LogP contribution in [-0.2, 0) is 11.3 Å². The van der Waals surface area contributed by atoms with Crippen LogP contribution < -0.4 is 5.73 Å². The van der Waals surface area contributed by atoms with Crippen LogP contribution in [0.25, 0.3) is 0 Å². The zero-order chi connectivity index (χ0) is 14.5.